The van der Waals surface area contributed by atoms with Crippen LogP contribution in [0.15, 0.2) is 24.3 Å². The Balaban J connectivity index is 2.45. The van der Waals surface area contributed by atoms with Crippen molar-refractivity contribution in [2.24, 2.45) is 0 Å². The number of pyridine rings is 1. The zero-order valence-corrected chi connectivity index (χ0v) is 12.3. The second-order valence-electron chi connectivity index (χ2n) is 4.25. The first kappa shape index (κ1) is 14.2. The predicted octanol–water partition coefficient (Wildman–Crippen LogP) is 2.93. The zero-order chi connectivity index (χ0) is 14.0. The summed E-state index contributed by atoms with van der Waals surface area (Å²) < 4.78 is 26.7. The Morgan fingerprint density at radius 1 is 1.32 bits per heavy atom. The maximum atomic E-state index is 11.0. The lowest BCUT2D eigenvalue weighted by atomic mass is 10.1. The number of halogens is 1. The smallest absolute Gasteiger partial charge is 0.264 e. The van der Waals surface area contributed by atoms with Gasteiger partial charge >= 0.3 is 0 Å². The molecule has 1 aromatic carbocycles. The van der Waals surface area contributed by atoms with E-state index in [2.05, 4.69) is 4.98 Å². The van der Waals surface area contributed by atoms with Crippen molar-refractivity contribution in [3.63, 3.8) is 0 Å². The molecule has 0 saturated heterocycles. The quantitative estimate of drug-likeness (QED) is 0.643. The minimum atomic E-state index is -3.49. The molecule has 0 aliphatic rings. The van der Waals surface area contributed by atoms with Gasteiger partial charge in [0.1, 0.15) is 5.15 Å². The van der Waals surface area contributed by atoms with Crippen molar-refractivity contribution in [2.75, 3.05) is 6.26 Å². The molecule has 0 unspecified atom stereocenters. The van der Waals surface area contributed by atoms with E-state index in [4.69, 9.17) is 15.8 Å². The lowest BCUT2D eigenvalue weighted by Crippen LogP contribution is -2.04. The van der Waals surface area contributed by atoms with Crippen molar-refractivity contribution < 1.29 is 12.6 Å². The van der Waals surface area contributed by atoms with Crippen LogP contribution in [0.4, 0.5) is 0 Å². The highest BCUT2D eigenvalue weighted by Crippen LogP contribution is 2.24. The summed E-state index contributed by atoms with van der Waals surface area (Å²) in [5, 5.41) is 1.20. The van der Waals surface area contributed by atoms with Gasteiger partial charge in [-0.05, 0) is 18.1 Å². The average Bonchev–Trinajstić information content (AvgIpc) is 2.34. The number of para-hydroxylation sites is 1. The van der Waals surface area contributed by atoms with Gasteiger partial charge in [0.05, 0.1) is 18.4 Å². The van der Waals surface area contributed by atoms with Crippen LogP contribution < -0.4 is 0 Å². The van der Waals surface area contributed by atoms with Crippen molar-refractivity contribution in [3.05, 3.63) is 40.5 Å². The SMILES string of the molecule is CCc1cccc2cc(COS(C)(=O)=O)c(Cl)nc12. The normalized spacial score (nSPS) is 11.9. The van der Waals surface area contributed by atoms with Crippen LogP contribution in [0.25, 0.3) is 10.9 Å². The first-order valence-corrected chi connectivity index (χ1v) is 8.01. The Hall–Kier alpha value is -1.17. The van der Waals surface area contributed by atoms with E-state index in [1.54, 1.807) is 0 Å². The van der Waals surface area contributed by atoms with E-state index in [1.165, 1.54) is 0 Å². The number of nitrogens with zero attached hydrogens (tertiary/aromatic N) is 1. The molecule has 6 heteroatoms. The van der Waals surface area contributed by atoms with Gasteiger partial charge in [0, 0.05) is 10.9 Å². The highest BCUT2D eigenvalue weighted by atomic mass is 35.5. The van der Waals surface area contributed by atoms with Crippen LogP contribution in [-0.2, 0) is 27.3 Å². The van der Waals surface area contributed by atoms with Crippen LogP contribution in [0, 0.1) is 0 Å². The molecule has 0 aliphatic heterocycles. The molecule has 0 radical (unpaired) electrons. The number of rotatable bonds is 4. The topological polar surface area (TPSA) is 56.3 Å². The van der Waals surface area contributed by atoms with Gasteiger partial charge in [-0.3, -0.25) is 4.18 Å². The van der Waals surface area contributed by atoms with Crippen LogP contribution in [-0.4, -0.2) is 19.7 Å². The standard InChI is InChI=1S/C13H14ClNO3S/c1-3-9-5-4-6-10-7-11(8-18-19(2,16)17)13(14)15-12(9)10/h4-7H,3,8H2,1-2H3. The van der Waals surface area contributed by atoms with Crippen molar-refractivity contribution in [1.29, 1.82) is 0 Å². The van der Waals surface area contributed by atoms with Crippen LogP contribution in [0.1, 0.15) is 18.1 Å². The van der Waals surface area contributed by atoms with Gasteiger partial charge in [0.2, 0.25) is 0 Å². The molecule has 102 valence electrons. The fourth-order valence-electron chi connectivity index (χ4n) is 1.84. The van der Waals surface area contributed by atoms with Crippen molar-refractivity contribution in [2.45, 2.75) is 20.0 Å². The van der Waals surface area contributed by atoms with Gasteiger partial charge in [0.15, 0.2) is 0 Å². The summed E-state index contributed by atoms with van der Waals surface area (Å²) in [6.07, 6.45) is 1.87. The van der Waals surface area contributed by atoms with Gasteiger partial charge in [-0.1, -0.05) is 36.7 Å². The maximum Gasteiger partial charge on any atom is 0.264 e. The fraction of sp³-hybridized carbons (Fsp3) is 0.308. The summed E-state index contributed by atoms with van der Waals surface area (Å²) in [4.78, 5) is 4.34. The Labute approximate surface area is 117 Å². The zero-order valence-electron chi connectivity index (χ0n) is 10.7. The Kier molecular flexibility index (Phi) is 4.08. The third-order valence-electron chi connectivity index (χ3n) is 2.76. The number of aromatic nitrogens is 1. The molecule has 0 N–H and O–H groups in total. The molecule has 0 fully saturated rings. The van der Waals surface area contributed by atoms with Gasteiger partial charge in [0.25, 0.3) is 10.1 Å². The van der Waals surface area contributed by atoms with E-state index in [-0.39, 0.29) is 11.8 Å². The van der Waals surface area contributed by atoms with Crippen molar-refractivity contribution in [1.82, 2.24) is 4.98 Å². The van der Waals surface area contributed by atoms with Crippen molar-refractivity contribution >= 4 is 32.6 Å². The summed E-state index contributed by atoms with van der Waals surface area (Å²) in [6, 6.07) is 7.67. The molecular formula is C13H14ClNO3S. The summed E-state index contributed by atoms with van der Waals surface area (Å²) >= 11 is 6.08. The second kappa shape index (κ2) is 5.45. The summed E-state index contributed by atoms with van der Waals surface area (Å²) in [6.45, 7) is 1.95. The second-order valence-corrected chi connectivity index (χ2v) is 6.25. The molecule has 1 heterocycles. The van der Waals surface area contributed by atoms with Gasteiger partial charge in [-0.15, -0.1) is 0 Å². The predicted molar refractivity (Wildman–Crippen MR) is 75.8 cm³/mol. The molecular weight excluding hydrogens is 286 g/mol. The van der Waals surface area contributed by atoms with E-state index in [1.807, 2.05) is 31.2 Å². The minimum absolute atomic E-state index is 0.100. The molecule has 0 saturated carbocycles. The van der Waals surface area contributed by atoms with Crippen LogP contribution in [0.2, 0.25) is 5.15 Å². The van der Waals surface area contributed by atoms with E-state index in [0.717, 1.165) is 29.1 Å². The number of hydrogen-bond donors (Lipinski definition) is 0. The Morgan fingerprint density at radius 3 is 2.68 bits per heavy atom. The number of aryl methyl sites for hydroxylation is 1. The summed E-state index contributed by atoms with van der Waals surface area (Å²) in [7, 11) is -3.49. The first-order valence-electron chi connectivity index (χ1n) is 5.82. The first-order chi connectivity index (χ1) is 8.90. The molecule has 1 aromatic heterocycles. The number of fused-ring (bicyclic) bond motifs is 1. The third kappa shape index (κ3) is 3.43. The van der Waals surface area contributed by atoms with E-state index >= 15 is 0 Å². The van der Waals surface area contributed by atoms with Crippen LogP contribution >= 0.6 is 11.6 Å². The Morgan fingerprint density at radius 2 is 2.05 bits per heavy atom. The summed E-state index contributed by atoms with van der Waals surface area (Å²) in [5.41, 5.74) is 2.51. The molecule has 0 spiro atoms. The highest BCUT2D eigenvalue weighted by molar-refractivity contribution is 7.85. The molecule has 2 rings (SSSR count). The van der Waals surface area contributed by atoms with Gasteiger partial charge in [-0.2, -0.15) is 8.42 Å². The van der Waals surface area contributed by atoms with E-state index < -0.39 is 10.1 Å². The monoisotopic (exact) mass is 299 g/mol. The summed E-state index contributed by atoms with van der Waals surface area (Å²) in [5.74, 6) is 0. The fourth-order valence-corrected chi connectivity index (χ4v) is 2.37. The molecule has 0 amide bonds. The van der Waals surface area contributed by atoms with Gasteiger partial charge in [-0.25, -0.2) is 4.98 Å². The average molecular weight is 300 g/mol. The van der Waals surface area contributed by atoms with E-state index in [9.17, 15) is 8.42 Å². The third-order valence-corrected chi connectivity index (χ3v) is 3.64. The maximum absolute atomic E-state index is 11.0. The van der Waals surface area contributed by atoms with Crippen LogP contribution in [0.3, 0.4) is 0 Å². The van der Waals surface area contributed by atoms with E-state index in [0.29, 0.717) is 5.56 Å². The molecule has 2 aromatic rings. The number of hydrogen-bond acceptors (Lipinski definition) is 4. The van der Waals surface area contributed by atoms with Crippen molar-refractivity contribution in [3.8, 4) is 0 Å². The van der Waals surface area contributed by atoms with Gasteiger partial charge < -0.3 is 0 Å². The molecule has 0 atom stereocenters. The van der Waals surface area contributed by atoms with Crippen LogP contribution in [0.5, 0.6) is 0 Å². The molecule has 4 nitrogen and oxygen atoms in total. The lowest BCUT2D eigenvalue weighted by molar-refractivity contribution is 0.311. The minimum Gasteiger partial charge on any atom is -0.265 e. The molecule has 0 bridgehead atoms. The molecule has 0 aliphatic carbocycles. The highest BCUT2D eigenvalue weighted by Gasteiger charge is 2.10. The largest absolute Gasteiger partial charge is 0.265 e. The Bertz CT molecular complexity index is 713. The lowest BCUT2D eigenvalue weighted by Gasteiger charge is -2.08. The number of benzene rings is 1. The molecule has 19 heavy (non-hydrogen) atoms.